The molecule has 0 saturated carbocycles. The fourth-order valence-corrected chi connectivity index (χ4v) is 2.37. The van der Waals surface area contributed by atoms with Crippen molar-refractivity contribution in [3.8, 4) is 0 Å². The van der Waals surface area contributed by atoms with Crippen LogP contribution in [0, 0.1) is 0 Å². The number of nitrogens with two attached hydrogens (primary N) is 1. The summed E-state index contributed by atoms with van der Waals surface area (Å²) in [4.78, 5) is 11.0. The standard InChI is InChI=1S/C13H17Cl2NO4/c1-18-8-19-7-3-6-11(20-13(16)17)12-9(14)4-2-5-10(12)15/h2,4-5,11H,3,6-8H2,1H3,(H2,16,17)/t11-/m0/s1. The number of carbonyl (C=O) groups is 1. The van der Waals surface area contributed by atoms with Gasteiger partial charge in [-0.15, -0.1) is 0 Å². The van der Waals surface area contributed by atoms with Gasteiger partial charge in [-0.2, -0.15) is 0 Å². The lowest BCUT2D eigenvalue weighted by Gasteiger charge is -2.19. The summed E-state index contributed by atoms with van der Waals surface area (Å²) in [6.07, 6.45) is -0.331. The Bertz CT molecular complexity index is 422. The van der Waals surface area contributed by atoms with Gasteiger partial charge in [0.25, 0.3) is 0 Å². The van der Waals surface area contributed by atoms with Crippen LogP contribution in [0.25, 0.3) is 0 Å². The van der Waals surface area contributed by atoms with Crippen LogP contribution in [0.3, 0.4) is 0 Å². The number of hydrogen-bond donors (Lipinski definition) is 1. The molecule has 0 aromatic heterocycles. The van der Waals surface area contributed by atoms with Gasteiger partial charge in [0.1, 0.15) is 12.9 Å². The number of benzene rings is 1. The van der Waals surface area contributed by atoms with Crippen molar-refractivity contribution in [2.24, 2.45) is 5.73 Å². The molecular formula is C13H17Cl2NO4. The first-order chi connectivity index (χ1) is 9.56. The molecule has 1 amide bonds. The van der Waals surface area contributed by atoms with Gasteiger partial charge < -0.3 is 19.9 Å². The Balaban J connectivity index is 2.71. The third-order valence-corrected chi connectivity index (χ3v) is 3.20. The Hall–Kier alpha value is -1.01. The van der Waals surface area contributed by atoms with E-state index in [1.54, 1.807) is 25.3 Å². The predicted octanol–water partition coefficient (Wildman–Crippen LogP) is 3.53. The number of ether oxygens (including phenoxy) is 3. The van der Waals surface area contributed by atoms with Gasteiger partial charge in [-0.25, -0.2) is 4.79 Å². The van der Waals surface area contributed by atoms with Gasteiger partial charge in [0, 0.05) is 29.3 Å². The molecule has 0 aliphatic heterocycles. The summed E-state index contributed by atoms with van der Waals surface area (Å²) >= 11 is 12.2. The monoisotopic (exact) mass is 321 g/mol. The molecule has 20 heavy (non-hydrogen) atoms. The number of methoxy groups -OCH3 is 1. The van der Waals surface area contributed by atoms with Crippen molar-refractivity contribution in [1.29, 1.82) is 0 Å². The highest BCUT2D eigenvalue weighted by Gasteiger charge is 2.21. The average molecular weight is 322 g/mol. The summed E-state index contributed by atoms with van der Waals surface area (Å²) in [6, 6.07) is 5.08. The van der Waals surface area contributed by atoms with Gasteiger partial charge in [0.15, 0.2) is 0 Å². The van der Waals surface area contributed by atoms with E-state index < -0.39 is 12.2 Å². The van der Waals surface area contributed by atoms with Crippen molar-refractivity contribution in [3.63, 3.8) is 0 Å². The van der Waals surface area contributed by atoms with Crippen molar-refractivity contribution in [2.75, 3.05) is 20.5 Å². The SMILES string of the molecule is COCOCCC[C@H](OC(N)=O)c1c(Cl)cccc1Cl. The smallest absolute Gasteiger partial charge is 0.405 e. The molecule has 0 bridgehead atoms. The molecule has 1 rings (SSSR count). The molecule has 2 N–H and O–H groups in total. The molecule has 1 aromatic rings. The summed E-state index contributed by atoms with van der Waals surface area (Å²) < 4.78 is 15.0. The van der Waals surface area contributed by atoms with Crippen molar-refractivity contribution in [1.82, 2.24) is 0 Å². The van der Waals surface area contributed by atoms with Gasteiger partial charge in [0.05, 0.1) is 0 Å². The molecule has 1 aromatic carbocycles. The fourth-order valence-electron chi connectivity index (χ4n) is 1.73. The Morgan fingerprint density at radius 1 is 1.35 bits per heavy atom. The molecule has 0 unspecified atom stereocenters. The Kier molecular flexibility index (Phi) is 7.69. The molecular weight excluding hydrogens is 305 g/mol. The molecule has 112 valence electrons. The zero-order valence-electron chi connectivity index (χ0n) is 11.1. The first kappa shape index (κ1) is 17.0. The summed E-state index contributed by atoms with van der Waals surface area (Å²) in [5, 5.41) is 0.864. The summed E-state index contributed by atoms with van der Waals surface area (Å²) in [5.74, 6) is 0. The quantitative estimate of drug-likeness (QED) is 0.587. The lowest BCUT2D eigenvalue weighted by molar-refractivity contribution is -0.0340. The number of amides is 1. The van der Waals surface area contributed by atoms with E-state index in [1.165, 1.54) is 0 Å². The summed E-state index contributed by atoms with van der Waals surface area (Å²) in [7, 11) is 1.54. The number of primary amides is 1. The molecule has 0 saturated heterocycles. The molecule has 5 nitrogen and oxygen atoms in total. The summed E-state index contributed by atoms with van der Waals surface area (Å²) in [6.45, 7) is 0.683. The van der Waals surface area contributed by atoms with Crippen molar-refractivity contribution >= 4 is 29.3 Å². The fraction of sp³-hybridized carbons (Fsp3) is 0.462. The van der Waals surface area contributed by atoms with Crippen LogP contribution in [-0.4, -0.2) is 26.6 Å². The van der Waals surface area contributed by atoms with Crippen LogP contribution in [0.4, 0.5) is 4.79 Å². The molecule has 0 fully saturated rings. The minimum atomic E-state index is -0.871. The van der Waals surface area contributed by atoms with Crippen LogP contribution in [-0.2, 0) is 14.2 Å². The van der Waals surface area contributed by atoms with Gasteiger partial charge in [0.2, 0.25) is 0 Å². The second kappa shape index (κ2) is 9.02. The molecule has 0 heterocycles. The number of halogens is 2. The highest BCUT2D eigenvalue weighted by Crippen LogP contribution is 2.34. The maximum atomic E-state index is 11.0. The Morgan fingerprint density at radius 3 is 2.55 bits per heavy atom. The largest absolute Gasteiger partial charge is 0.441 e. The normalized spacial score (nSPS) is 12.2. The zero-order chi connectivity index (χ0) is 15.0. The second-order valence-electron chi connectivity index (χ2n) is 4.02. The lowest BCUT2D eigenvalue weighted by Crippen LogP contribution is -2.18. The van der Waals surface area contributed by atoms with Crippen LogP contribution in [0.15, 0.2) is 18.2 Å². The topological polar surface area (TPSA) is 70.8 Å². The molecule has 0 spiro atoms. The zero-order valence-corrected chi connectivity index (χ0v) is 12.6. The van der Waals surface area contributed by atoms with E-state index >= 15 is 0 Å². The van der Waals surface area contributed by atoms with E-state index in [2.05, 4.69) is 0 Å². The van der Waals surface area contributed by atoms with E-state index in [0.29, 0.717) is 35.1 Å². The highest BCUT2D eigenvalue weighted by atomic mass is 35.5. The Labute approximate surface area is 127 Å². The van der Waals surface area contributed by atoms with Crippen molar-refractivity contribution in [3.05, 3.63) is 33.8 Å². The van der Waals surface area contributed by atoms with Crippen LogP contribution in [0.5, 0.6) is 0 Å². The number of carbonyl (C=O) groups excluding carboxylic acids is 1. The number of rotatable bonds is 8. The van der Waals surface area contributed by atoms with Crippen molar-refractivity contribution < 1.29 is 19.0 Å². The molecule has 0 aliphatic carbocycles. The van der Waals surface area contributed by atoms with E-state index in [9.17, 15) is 4.79 Å². The number of hydrogen-bond acceptors (Lipinski definition) is 4. The molecule has 0 radical (unpaired) electrons. The average Bonchev–Trinajstić information content (AvgIpc) is 2.37. The van der Waals surface area contributed by atoms with E-state index in [4.69, 9.17) is 43.1 Å². The van der Waals surface area contributed by atoms with Gasteiger partial charge in [-0.1, -0.05) is 29.3 Å². The second-order valence-corrected chi connectivity index (χ2v) is 4.83. The minimum Gasteiger partial charge on any atom is -0.441 e. The lowest BCUT2D eigenvalue weighted by atomic mass is 10.0. The maximum Gasteiger partial charge on any atom is 0.405 e. The summed E-state index contributed by atoms with van der Waals surface area (Å²) in [5.41, 5.74) is 5.64. The minimum absolute atomic E-state index is 0.216. The maximum absolute atomic E-state index is 11.0. The van der Waals surface area contributed by atoms with Gasteiger partial charge >= 0.3 is 6.09 Å². The first-order valence-corrected chi connectivity index (χ1v) is 6.78. The third kappa shape index (κ3) is 5.54. The van der Waals surface area contributed by atoms with Crippen LogP contribution in [0.2, 0.25) is 10.0 Å². The van der Waals surface area contributed by atoms with Crippen LogP contribution >= 0.6 is 23.2 Å². The first-order valence-electron chi connectivity index (χ1n) is 6.03. The van der Waals surface area contributed by atoms with Gasteiger partial charge in [-0.3, -0.25) is 0 Å². The predicted molar refractivity (Wildman–Crippen MR) is 76.9 cm³/mol. The molecule has 7 heteroatoms. The molecule has 1 atom stereocenters. The van der Waals surface area contributed by atoms with E-state index in [0.717, 1.165) is 0 Å². The molecule has 0 aliphatic rings. The van der Waals surface area contributed by atoms with E-state index in [-0.39, 0.29) is 6.79 Å². The van der Waals surface area contributed by atoms with Crippen LogP contribution in [0.1, 0.15) is 24.5 Å². The van der Waals surface area contributed by atoms with E-state index in [1.807, 2.05) is 0 Å². The third-order valence-electron chi connectivity index (χ3n) is 2.54. The highest BCUT2D eigenvalue weighted by molar-refractivity contribution is 6.36. The Morgan fingerprint density at radius 2 is 2.00 bits per heavy atom. The van der Waals surface area contributed by atoms with Crippen molar-refractivity contribution in [2.45, 2.75) is 18.9 Å². The van der Waals surface area contributed by atoms with Gasteiger partial charge in [-0.05, 0) is 25.0 Å². The van der Waals surface area contributed by atoms with Crippen LogP contribution < -0.4 is 5.73 Å².